The lowest BCUT2D eigenvalue weighted by Gasteiger charge is -2.17. The Labute approximate surface area is 116 Å². The van der Waals surface area contributed by atoms with E-state index in [0.29, 0.717) is 6.42 Å². The van der Waals surface area contributed by atoms with Crippen LogP contribution in [-0.4, -0.2) is 17.1 Å². The molecular weight excluding hydrogens is 238 g/mol. The van der Waals surface area contributed by atoms with Crippen LogP contribution in [0.1, 0.15) is 51.5 Å². The molecule has 0 bridgehead atoms. The van der Waals surface area contributed by atoms with E-state index in [1.54, 1.807) is 18.2 Å². The topological polar surface area (TPSA) is 49.3 Å². The zero-order valence-corrected chi connectivity index (χ0v) is 12.0. The lowest BCUT2D eigenvalue weighted by atomic mass is 10.0. The SMILES string of the molecule is CCCCC(CCC)NC(=O)Cc1cccc(O)c1. The summed E-state index contributed by atoms with van der Waals surface area (Å²) in [5.74, 6) is 0.251. The molecule has 0 aliphatic carbocycles. The molecule has 1 unspecified atom stereocenters. The summed E-state index contributed by atoms with van der Waals surface area (Å²) in [4.78, 5) is 12.0. The second-order valence-corrected chi connectivity index (χ2v) is 5.04. The van der Waals surface area contributed by atoms with Crippen molar-refractivity contribution in [3.63, 3.8) is 0 Å². The van der Waals surface area contributed by atoms with Gasteiger partial charge in [0, 0.05) is 6.04 Å². The molecule has 19 heavy (non-hydrogen) atoms. The minimum Gasteiger partial charge on any atom is -0.508 e. The van der Waals surface area contributed by atoms with Crippen molar-refractivity contribution in [1.29, 1.82) is 0 Å². The van der Waals surface area contributed by atoms with Crippen molar-refractivity contribution < 1.29 is 9.90 Å². The van der Waals surface area contributed by atoms with E-state index >= 15 is 0 Å². The zero-order valence-electron chi connectivity index (χ0n) is 12.0. The molecule has 0 spiro atoms. The van der Waals surface area contributed by atoms with E-state index in [9.17, 15) is 9.90 Å². The van der Waals surface area contributed by atoms with E-state index in [1.807, 2.05) is 6.07 Å². The summed E-state index contributed by atoms with van der Waals surface area (Å²) in [6, 6.07) is 7.16. The van der Waals surface area contributed by atoms with E-state index in [4.69, 9.17) is 0 Å². The van der Waals surface area contributed by atoms with Gasteiger partial charge in [-0.25, -0.2) is 0 Å². The van der Waals surface area contributed by atoms with Gasteiger partial charge in [-0.3, -0.25) is 4.79 Å². The molecule has 1 rings (SSSR count). The van der Waals surface area contributed by atoms with Gasteiger partial charge in [-0.05, 0) is 30.5 Å². The van der Waals surface area contributed by atoms with Gasteiger partial charge in [-0.15, -0.1) is 0 Å². The van der Waals surface area contributed by atoms with E-state index in [-0.39, 0.29) is 17.7 Å². The predicted molar refractivity (Wildman–Crippen MR) is 78.2 cm³/mol. The van der Waals surface area contributed by atoms with Crippen LogP contribution < -0.4 is 5.32 Å². The molecule has 1 atom stereocenters. The molecule has 1 aromatic rings. The standard InChI is InChI=1S/C16H25NO2/c1-3-5-9-14(7-4-2)17-16(19)12-13-8-6-10-15(18)11-13/h6,8,10-11,14,18H,3-5,7,9,12H2,1-2H3,(H,17,19). The molecule has 0 aliphatic heterocycles. The monoisotopic (exact) mass is 263 g/mol. The lowest BCUT2D eigenvalue weighted by molar-refractivity contribution is -0.121. The number of carbonyl (C=O) groups excluding carboxylic acids is 1. The van der Waals surface area contributed by atoms with Gasteiger partial charge in [0.2, 0.25) is 5.91 Å². The van der Waals surface area contributed by atoms with Gasteiger partial charge in [0.1, 0.15) is 5.75 Å². The largest absolute Gasteiger partial charge is 0.508 e. The average Bonchev–Trinajstić information content (AvgIpc) is 2.36. The lowest BCUT2D eigenvalue weighted by Crippen LogP contribution is -2.35. The number of phenols is 1. The Balaban J connectivity index is 2.47. The second-order valence-electron chi connectivity index (χ2n) is 5.04. The summed E-state index contributed by atoms with van der Waals surface area (Å²) in [5.41, 5.74) is 0.850. The molecule has 3 nitrogen and oxygen atoms in total. The Morgan fingerprint density at radius 1 is 1.26 bits per heavy atom. The van der Waals surface area contributed by atoms with Crippen LogP contribution in [0.15, 0.2) is 24.3 Å². The Kier molecular flexibility index (Phi) is 7.01. The highest BCUT2D eigenvalue weighted by Gasteiger charge is 2.11. The van der Waals surface area contributed by atoms with Crippen molar-refractivity contribution in [2.75, 3.05) is 0 Å². The highest BCUT2D eigenvalue weighted by Crippen LogP contribution is 2.12. The first kappa shape index (κ1) is 15.5. The summed E-state index contributed by atoms with van der Waals surface area (Å²) in [5, 5.41) is 12.5. The fraction of sp³-hybridized carbons (Fsp3) is 0.562. The van der Waals surface area contributed by atoms with Gasteiger partial charge in [-0.2, -0.15) is 0 Å². The molecule has 2 N–H and O–H groups in total. The highest BCUT2D eigenvalue weighted by molar-refractivity contribution is 5.78. The highest BCUT2D eigenvalue weighted by atomic mass is 16.3. The summed E-state index contributed by atoms with van der Waals surface area (Å²) in [6.45, 7) is 4.30. The maximum atomic E-state index is 12.0. The van der Waals surface area contributed by atoms with Crippen LogP contribution in [-0.2, 0) is 11.2 Å². The number of benzene rings is 1. The molecule has 1 aromatic carbocycles. The average molecular weight is 263 g/mol. The minimum atomic E-state index is 0.0418. The smallest absolute Gasteiger partial charge is 0.224 e. The first-order valence-electron chi connectivity index (χ1n) is 7.23. The third-order valence-electron chi connectivity index (χ3n) is 3.18. The van der Waals surface area contributed by atoms with Gasteiger partial charge >= 0.3 is 0 Å². The molecule has 0 heterocycles. The summed E-state index contributed by atoms with van der Waals surface area (Å²) in [6.07, 6.45) is 5.81. The number of carbonyl (C=O) groups is 1. The van der Waals surface area contributed by atoms with Crippen LogP contribution >= 0.6 is 0 Å². The summed E-state index contributed by atoms with van der Waals surface area (Å²) < 4.78 is 0. The van der Waals surface area contributed by atoms with Crippen molar-refractivity contribution in [3.05, 3.63) is 29.8 Å². The maximum absolute atomic E-state index is 12.0. The number of hydrogen-bond acceptors (Lipinski definition) is 2. The number of unbranched alkanes of at least 4 members (excludes halogenated alkanes) is 1. The third kappa shape index (κ3) is 6.27. The number of nitrogens with one attached hydrogen (secondary N) is 1. The van der Waals surface area contributed by atoms with Gasteiger partial charge < -0.3 is 10.4 Å². The van der Waals surface area contributed by atoms with E-state index < -0.39 is 0 Å². The van der Waals surface area contributed by atoms with Gasteiger partial charge in [0.25, 0.3) is 0 Å². The fourth-order valence-electron chi connectivity index (χ4n) is 2.22. The second kappa shape index (κ2) is 8.57. The zero-order chi connectivity index (χ0) is 14.1. The van der Waals surface area contributed by atoms with Crippen LogP contribution in [0.3, 0.4) is 0 Å². The van der Waals surface area contributed by atoms with Crippen LogP contribution in [0.5, 0.6) is 5.75 Å². The van der Waals surface area contributed by atoms with Gasteiger partial charge in [-0.1, -0.05) is 45.2 Å². The molecule has 0 saturated heterocycles. The molecule has 106 valence electrons. The van der Waals surface area contributed by atoms with Gasteiger partial charge in [0.15, 0.2) is 0 Å². The minimum absolute atomic E-state index is 0.0418. The Hall–Kier alpha value is -1.51. The first-order chi connectivity index (χ1) is 9.15. The number of amides is 1. The molecule has 3 heteroatoms. The molecular formula is C16H25NO2. The molecule has 0 aliphatic rings. The first-order valence-corrected chi connectivity index (χ1v) is 7.23. The number of rotatable bonds is 8. The quantitative estimate of drug-likeness (QED) is 0.755. The predicted octanol–water partition coefficient (Wildman–Crippen LogP) is 3.41. The van der Waals surface area contributed by atoms with E-state index in [1.165, 1.54) is 0 Å². The number of phenolic OH excluding ortho intramolecular Hbond substituents is 1. The number of hydrogen-bond donors (Lipinski definition) is 2. The number of aromatic hydroxyl groups is 1. The van der Waals surface area contributed by atoms with Crippen LogP contribution in [0.25, 0.3) is 0 Å². The van der Waals surface area contributed by atoms with Crippen LogP contribution in [0.2, 0.25) is 0 Å². The maximum Gasteiger partial charge on any atom is 0.224 e. The van der Waals surface area contributed by atoms with Crippen molar-refractivity contribution in [2.24, 2.45) is 0 Å². The molecule has 0 fully saturated rings. The normalized spacial score (nSPS) is 12.1. The van der Waals surface area contributed by atoms with E-state index in [2.05, 4.69) is 19.2 Å². The van der Waals surface area contributed by atoms with Crippen LogP contribution in [0, 0.1) is 0 Å². The molecule has 0 radical (unpaired) electrons. The summed E-state index contributed by atoms with van der Waals surface area (Å²) >= 11 is 0. The van der Waals surface area contributed by atoms with Crippen molar-refractivity contribution >= 4 is 5.91 Å². The van der Waals surface area contributed by atoms with Crippen molar-refractivity contribution in [3.8, 4) is 5.75 Å². The molecule has 0 aromatic heterocycles. The summed E-state index contributed by atoms with van der Waals surface area (Å²) in [7, 11) is 0. The third-order valence-corrected chi connectivity index (χ3v) is 3.18. The molecule has 0 saturated carbocycles. The van der Waals surface area contributed by atoms with Crippen molar-refractivity contribution in [2.45, 2.75) is 58.4 Å². The Morgan fingerprint density at radius 2 is 2.05 bits per heavy atom. The van der Waals surface area contributed by atoms with E-state index in [0.717, 1.165) is 37.7 Å². The van der Waals surface area contributed by atoms with Gasteiger partial charge in [0.05, 0.1) is 6.42 Å². The Bertz CT molecular complexity index is 390. The van der Waals surface area contributed by atoms with Crippen molar-refractivity contribution in [1.82, 2.24) is 5.32 Å². The Morgan fingerprint density at radius 3 is 2.68 bits per heavy atom. The van der Waals surface area contributed by atoms with Crippen LogP contribution in [0.4, 0.5) is 0 Å². The fourth-order valence-corrected chi connectivity index (χ4v) is 2.22. The molecule has 1 amide bonds.